The highest BCUT2D eigenvalue weighted by atomic mass is 16.1. The largest absolute Gasteiger partial charge is 0.349 e. The molecule has 4 nitrogen and oxygen atoms in total. The SMILES string of the molecule is CC1CCC(NC(=O)c2cn[nH]c2)CC1C. The molecule has 0 aliphatic heterocycles. The minimum atomic E-state index is -0.0134. The predicted octanol–water partition coefficient (Wildman–Crippen LogP) is 1.96. The molecule has 4 heteroatoms. The van der Waals surface area contributed by atoms with Crippen LogP contribution in [0.25, 0.3) is 0 Å². The molecule has 0 saturated heterocycles. The summed E-state index contributed by atoms with van der Waals surface area (Å²) >= 11 is 0. The fourth-order valence-electron chi connectivity index (χ4n) is 2.32. The summed E-state index contributed by atoms with van der Waals surface area (Å²) < 4.78 is 0. The van der Waals surface area contributed by atoms with Gasteiger partial charge in [0.2, 0.25) is 0 Å². The second-order valence-electron chi connectivity index (χ2n) is 4.92. The van der Waals surface area contributed by atoms with Crippen molar-refractivity contribution in [3.8, 4) is 0 Å². The lowest BCUT2D eigenvalue weighted by Gasteiger charge is -2.32. The van der Waals surface area contributed by atoms with Gasteiger partial charge in [0.25, 0.3) is 5.91 Å². The molecule has 1 saturated carbocycles. The van der Waals surface area contributed by atoms with Crippen LogP contribution in [-0.2, 0) is 0 Å². The van der Waals surface area contributed by atoms with E-state index in [1.165, 1.54) is 6.42 Å². The van der Waals surface area contributed by atoms with Crippen LogP contribution in [0.3, 0.4) is 0 Å². The minimum absolute atomic E-state index is 0.0134. The van der Waals surface area contributed by atoms with Crippen molar-refractivity contribution in [1.82, 2.24) is 15.5 Å². The number of hydrogen-bond acceptors (Lipinski definition) is 2. The van der Waals surface area contributed by atoms with Gasteiger partial charge in [-0.2, -0.15) is 5.10 Å². The van der Waals surface area contributed by atoms with Crippen molar-refractivity contribution >= 4 is 5.91 Å². The number of aromatic amines is 1. The summed E-state index contributed by atoms with van der Waals surface area (Å²) in [7, 11) is 0. The highest BCUT2D eigenvalue weighted by Gasteiger charge is 2.25. The van der Waals surface area contributed by atoms with Gasteiger partial charge in [0.1, 0.15) is 0 Å². The molecule has 0 radical (unpaired) electrons. The maximum absolute atomic E-state index is 11.8. The summed E-state index contributed by atoms with van der Waals surface area (Å²) in [6.45, 7) is 4.56. The lowest BCUT2D eigenvalue weighted by molar-refractivity contribution is 0.0910. The zero-order valence-electron chi connectivity index (χ0n) is 9.86. The number of nitrogens with zero attached hydrogens (tertiary/aromatic N) is 1. The van der Waals surface area contributed by atoms with E-state index >= 15 is 0 Å². The van der Waals surface area contributed by atoms with E-state index in [-0.39, 0.29) is 5.91 Å². The van der Waals surface area contributed by atoms with Crippen LogP contribution in [-0.4, -0.2) is 22.1 Å². The van der Waals surface area contributed by atoms with E-state index in [4.69, 9.17) is 0 Å². The molecule has 88 valence electrons. The quantitative estimate of drug-likeness (QED) is 0.802. The van der Waals surface area contributed by atoms with Crippen LogP contribution in [0, 0.1) is 11.8 Å². The first-order valence-corrected chi connectivity index (χ1v) is 5.96. The maximum atomic E-state index is 11.8. The van der Waals surface area contributed by atoms with Crippen LogP contribution in [0.15, 0.2) is 12.4 Å². The smallest absolute Gasteiger partial charge is 0.254 e. The first kappa shape index (κ1) is 11.2. The zero-order valence-corrected chi connectivity index (χ0v) is 9.86. The maximum Gasteiger partial charge on any atom is 0.254 e. The summed E-state index contributed by atoms with van der Waals surface area (Å²) in [6, 6.07) is 0.327. The van der Waals surface area contributed by atoms with E-state index in [2.05, 4.69) is 29.4 Å². The van der Waals surface area contributed by atoms with Gasteiger partial charge in [-0.25, -0.2) is 0 Å². The van der Waals surface area contributed by atoms with Gasteiger partial charge < -0.3 is 5.32 Å². The van der Waals surface area contributed by atoms with Crippen LogP contribution in [0.4, 0.5) is 0 Å². The Morgan fingerprint density at radius 3 is 2.88 bits per heavy atom. The van der Waals surface area contributed by atoms with Gasteiger partial charge in [-0.1, -0.05) is 13.8 Å². The number of hydrogen-bond donors (Lipinski definition) is 2. The minimum Gasteiger partial charge on any atom is -0.349 e. The average Bonchev–Trinajstić information content (AvgIpc) is 2.77. The Bertz CT molecular complexity index is 347. The van der Waals surface area contributed by atoms with Gasteiger partial charge >= 0.3 is 0 Å². The third kappa shape index (κ3) is 2.43. The van der Waals surface area contributed by atoms with E-state index in [0.29, 0.717) is 17.5 Å². The van der Waals surface area contributed by atoms with Gasteiger partial charge in [-0.15, -0.1) is 0 Å². The molecule has 16 heavy (non-hydrogen) atoms. The van der Waals surface area contributed by atoms with Gasteiger partial charge in [0, 0.05) is 12.2 Å². The van der Waals surface area contributed by atoms with Crippen molar-refractivity contribution < 1.29 is 4.79 Å². The number of rotatable bonds is 2. The molecular weight excluding hydrogens is 202 g/mol. The lowest BCUT2D eigenvalue weighted by Crippen LogP contribution is -2.39. The monoisotopic (exact) mass is 221 g/mol. The Morgan fingerprint density at radius 1 is 1.44 bits per heavy atom. The Hall–Kier alpha value is -1.32. The standard InChI is InChI=1S/C12H19N3O/c1-8-3-4-11(5-9(8)2)15-12(16)10-6-13-14-7-10/h6-9,11H,3-5H2,1-2H3,(H,13,14)(H,15,16). The normalized spacial score (nSPS) is 30.0. The molecule has 3 unspecified atom stereocenters. The molecule has 1 aliphatic rings. The van der Waals surface area contributed by atoms with Crippen molar-refractivity contribution in [3.05, 3.63) is 18.0 Å². The van der Waals surface area contributed by atoms with Crippen LogP contribution in [0.1, 0.15) is 43.5 Å². The lowest BCUT2D eigenvalue weighted by atomic mass is 9.79. The molecule has 0 bridgehead atoms. The molecule has 1 heterocycles. The average molecular weight is 221 g/mol. The highest BCUT2D eigenvalue weighted by Crippen LogP contribution is 2.29. The Labute approximate surface area is 95.8 Å². The van der Waals surface area contributed by atoms with Gasteiger partial charge in [0.15, 0.2) is 0 Å². The molecule has 1 aromatic rings. The van der Waals surface area contributed by atoms with Crippen LogP contribution >= 0.6 is 0 Å². The van der Waals surface area contributed by atoms with Crippen LogP contribution in [0.2, 0.25) is 0 Å². The number of carbonyl (C=O) groups excluding carboxylic acids is 1. The van der Waals surface area contributed by atoms with Crippen molar-refractivity contribution in [2.75, 3.05) is 0 Å². The Balaban J connectivity index is 1.89. The first-order valence-electron chi connectivity index (χ1n) is 5.96. The van der Waals surface area contributed by atoms with E-state index in [1.807, 2.05) is 0 Å². The van der Waals surface area contributed by atoms with E-state index in [9.17, 15) is 4.79 Å². The first-order chi connectivity index (χ1) is 7.66. The fraction of sp³-hybridized carbons (Fsp3) is 0.667. The summed E-state index contributed by atoms with van der Waals surface area (Å²) in [5.74, 6) is 1.46. The molecular formula is C12H19N3O. The second-order valence-corrected chi connectivity index (χ2v) is 4.92. The molecule has 3 atom stereocenters. The van der Waals surface area contributed by atoms with Crippen molar-refractivity contribution in [2.24, 2.45) is 11.8 Å². The van der Waals surface area contributed by atoms with Crippen LogP contribution in [0.5, 0.6) is 0 Å². The van der Waals surface area contributed by atoms with Crippen LogP contribution < -0.4 is 5.32 Å². The summed E-state index contributed by atoms with van der Waals surface area (Å²) in [5.41, 5.74) is 0.617. The third-order valence-electron chi connectivity index (χ3n) is 3.69. The predicted molar refractivity (Wildman–Crippen MR) is 62.0 cm³/mol. The Kier molecular flexibility index (Phi) is 3.27. The fourth-order valence-corrected chi connectivity index (χ4v) is 2.32. The zero-order chi connectivity index (χ0) is 11.5. The topological polar surface area (TPSA) is 57.8 Å². The van der Waals surface area contributed by atoms with E-state index in [0.717, 1.165) is 18.8 Å². The third-order valence-corrected chi connectivity index (χ3v) is 3.69. The van der Waals surface area contributed by atoms with Gasteiger partial charge in [0.05, 0.1) is 11.8 Å². The number of nitrogens with one attached hydrogen (secondary N) is 2. The molecule has 0 aromatic carbocycles. The summed E-state index contributed by atoms with van der Waals surface area (Å²) in [5, 5.41) is 9.50. The number of carbonyl (C=O) groups is 1. The second kappa shape index (κ2) is 4.68. The van der Waals surface area contributed by atoms with Gasteiger partial charge in [-0.05, 0) is 31.1 Å². The molecule has 1 amide bonds. The molecule has 1 aromatic heterocycles. The summed E-state index contributed by atoms with van der Waals surface area (Å²) in [4.78, 5) is 11.8. The number of amides is 1. The Morgan fingerprint density at radius 2 is 2.25 bits per heavy atom. The van der Waals surface area contributed by atoms with E-state index in [1.54, 1.807) is 12.4 Å². The van der Waals surface area contributed by atoms with Gasteiger partial charge in [-0.3, -0.25) is 9.89 Å². The molecule has 2 rings (SSSR count). The highest BCUT2D eigenvalue weighted by molar-refractivity contribution is 5.93. The van der Waals surface area contributed by atoms with Crippen molar-refractivity contribution in [3.63, 3.8) is 0 Å². The van der Waals surface area contributed by atoms with Crippen molar-refractivity contribution in [1.29, 1.82) is 0 Å². The number of H-pyrrole nitrogens is 1. The summed E-state index contributed by atoms with van der Waals surface area (Å²) in [6.07, 6.45) is 6.58. The molecule has 2 N–H and O–H groups in total. The number of aromatic nitrogens is 2. The molecule has 1 aliphatic carbocycles. The molecule has 1 fully saturated rings. The van der Waals surface area contributed by atoms with Crippen molar-refractivity contribution in [2.45, 2.75) is 39.2 Å². The molecule has 0 spiro atoms. The van der Waals surface area contributed by atoms with E-state index < -0.39 is 0 Å².